The third kappa shape index (κ3) is 3.11. The van der Waals surface area contributed by atoms with Crippen molar-refractivity contribution in [1.82, 2.24) is 24.5 Å². The van der Waals surface area contributed by atoms with Crippen molar-refractivity contribution in [3.8, 4) is 5.75 Å². The fourth-order valence-corrected chi connectivity index (χ4v) is 3.00. The van der Waals surface area contributed by atoms with Gasteiger partial charge in [0.15, 0.2) is 11.5 Å². The van der Waals surface area contributed by atoms with Gasteiger partial charge in [-0.05, 0) is 36.4 Å². The molecular weight excluding hydrogens is 330 g/mol. The molecule has 26 heavy (non-hydrogen) atoms. The number of carbonyl (C=O) groups excluding carboxylic acids is 1. The average molecular weight is 349 g/mol. The summed E-state index contributed by atoms with van der Waals surface area (Å²) in [6, 6.07) is 13.6. The minimum Gasteiger partial charge on any atom is -0.497 e. The molecule has 1 aromatic carbocycles. The van der Waals surface area contributed by atoms with E-state index in [4.69, 9.17) is 4.74 Å². The van der Waals surface area contributed by atoms with Crippen molar-refractivity contribution in [3.63, 3.8) is 0 Å². The molecular formula is C19H19N5O2. The number of ether oxygens (including phenoxy) is 1. The maximum atomic E-state index is 12.2. The summed E-state index contributed by atoms with van der Waals surface area (Å²) < 4.78 is 9.18. The molecule has 0 aliphatic rings. The Morgan fingerprint density at radius 1 is 1.15 bits per heavy atom. The van der Waals surface area contributed by atoms with Gasteiger partial charge in [0.1, 0.15) is 5.75 Å². The van der Waals surface area contributed by atoms with Crippen molar-refractivity contribution in [2.24, 2.45) is 0 Å². The topological polar surface area (TPSA) is 73.4 Å². The van der Waals surface area contributed by atoms with Crippen LogP contribution >= 0.6 is 0 Å². The van der Waals surface area contributed by atoms with Crippen LogP contribution in [0.15, 0.2) is 54.9 Å². The molecule has 0 radical (unpaired) electrons. The van der Waals surface area contributed by atoms with Crippen LogP contribution in [0.4, 0.5) is 0 Å². The lowest BCUT2D eigenvalue weighted by Gasteiger charge is -2.07. The third-order valence-corrected chi connectivity index (χ3v) is 4.39. The molecule has 0 saturated heterocycles. The van der Waals surface area contributed by atoms with E-state index in [0.717, 1.165) is 22.3 Å². The molecule has 0 saturated carbocycles. The van der Waals surface area contributed by atoms with E-state index < -0.39 is 0 Å². The number of fused-ring (bicyclic) bond motifs is 2. The number of hydrogen-bond acceptors (Lipinski definition) is 4. The first-order valence-corrected chi connectivity index (χ1v) is 8.43. The molecule has 0 aliphatic carbocycles. The Hall–Kier alpha value is -3.35. The van der Waals surface area contributed by atoms with E-state index in [1.807, 2.05) is 59.3 Å². The zero-order valence-corrected chi connectivity index (χ0v) is 14.4. The van der Waals surface area contributed by atoms with E-state index in [-0.39, 0.29) is 5.91 Å². The van der Waals surface area contributed by atoms with Crippen molar-refractivity contribution in [3.05, 3.63) is 60.7 Å². The fourth-order valence-electron chi connectivity index (χ4n) is 3.00. The van der Waals surface area contributed by atoms with Crippen LogP contribution in [0.5, 0.6) is 5.75 Å². The van der Waals surface area contributed by atoms with Gasteiger partial charge in [0.2, 0.25) is 5.91 Å². The summed E-state index contributed by atoms with van der Waals surface area (Å²) in [4.78, 5) is 12.2. The molecule has 132 valence electrons. The summed E-state index contributed by atoms with van der Waals surface area (Å²) in [6.45, 7) is 0.968. The van der Waals surface area contributed by atoms with Crippen molar-refractivity contribution >= 4 is 22.5 Å². The molecule has 7 heteroatoms. The molecule has 4 rings (SSSR count). The summed E-state index contributed by atoms with van der Waals surface area (Å²) >= 11 is 0. The van der Waals surface area contributed by atoms with Gasteiger partial charge in [-0.15, -0.1) is 10.2 Å². The SMILES string of the molecule is COc1ccc2c(ccn2CCC(=O)NCc2nnc3ccccn23)c1. The van der Waals surface area contributed by atoms with E-state index in [1.54, 1.807) is 7.11 Å². The van der Waals surface area contributed by atoms with Gasteiger partial charge >= 0.3 is 0 Å². The molecule has 0 atom stereocenters. The van der Waals surface area contributed by atoms with Crippen LogP contribution in [0.25, 0.3) is 16.6 Å². The molecule has 7 nitrogen and oxygen atoms in total. The molecule has 4 aromatic rings. The minimum absolute atomic E-state index is 0.0203. The minimum atomic E-state index is -0.0203. The predicted octanol–water partition coefficient (Wildman–Crippen LogP) is 2.40. The Labute approximate surface area is 150 Å². The smallest absolute Gasteiger partial charge is 0.222 e. The van der Waals surface area contributed by atoms with Crippen LogP contribution < -0.4 is 10.1 Å². The number of hydrogen-bond donors (Lipinski definition) is 1. The Morgan fingerprint density at radius 2 is 2.08 bits per heavy atom. The fraction of sp³-hybridized carbons (Fsp3) is 0.211. The number of benzene rings is 1. The summed E-state index contributed by atoms with van der Waals surface area (Å²) in [6.07, 6.45) is 4.27. The van der Waals surface area contributed by atoms with Crippen LogP contribution in [-0.2, 0) is 17.9 Å². The highest BCUT2D eigenvalue weighted by atomic mass is 16.5. The van der Waals surface area contributed by atoms with Crippen LogP contribution in [0.3, 0.4) is 0 Å². The maximum Gasteiger partial charge on any atom is 0.222 e. The van der Waals surface area contributed by atoms with E-state index in [0.29, 0.717) is 25.3 Å². The Morgan fingerprint density at radius 3 is 2.96 bits per heavy atom. The number of nitrogens with one attached hydrogen (secondary N) is 1. The predicted molar refractivity (Wildman–Crippen MR) is 97.9 cm³/mol. The number of amides is 1. The van der Waals surface area contributed by atoms with E-state index in [1.165, 1.54) is 0 Å². The quantitative estimate of drug-likeness (QED) is 0.580. The van der Waals surface area contributed by atoms with Crippen molar-refractivity contribution in [2.45, 2.75) is 19.5 Å². The highest BCUT2D eigenvalue weighted by molar-refractivity contribution is 5.82. The number of nitrogens with zero attached hydrogens (tertiary/aromatic N) is 4. The second kappa shape index (κ2) is 6.87. The number of rotatable bonds is 6. The third-order valence-electron chi connectivity index (χ3n) is 4.39. The molecule has 0 fully saturated rings. The first-order chi connectivity index (χ1) is 12.7. The van der Waals surface area contributed by atoms with Gasteiger partial charge in [-0.1, -0.05) is 6.07 Å². The van der Waals surface area contributed by atoms with Crippen molar-refractivity contribution < 1.29 is 9.53 Å². The zero-order valence-electron chi connectivity index (χ0n) is 14.4. The highest BCUT2D eigenvalue weighted by Crippen LogP contribution is 2.22. The van der Waals surface area contributed by atoms with Crippen LogP contribution in [0.2, 0.25) is 0 Å². The first-order valence-electron chi connectivity index (χ1n) is 8.43. The zero-order chi connectivity index (χ0) is 17.9. The van der Waals surface area contributed by atoms with Gasteiger partial charge in [-0.2, -0.15) is 0 Å². The van der Waals surface area contributed by atoms with Gasteiger partial charge in [0, 0.05) is 36.3 Å². The molecule has 0 bridgehead atoms. The van der Waals surface area contributed by atoms with Crippen LogP contribution in [0.1, 0.15) is 12.2 Å². The van der Waals surface area contributed by atoms with Gasteiger partial charge in [0.25, 0.3) is 0 Å². The van der Waals surface area contributed by atoms with Gasteiger partial charge in [-0.3, -0.25) is 9.20 Å². The first kappa shape index (κ1) is 16.1. The summed E-state index contributed by atoms with van der Waals surface area (Å²) in [5.74, 6) is 1.52. The normalized spacial score (nSPS) is 11.1. The van der Waals surface area contributed by atoms with Crippen LogP contribution in [0, 0.1) is 0 Å². The lowest BCUT2D eigenvalue weighted by Crippen LogP contribution is -2.24. The number of carbonyl (C=O) groups is 1. The second-order valence-electron chi connectivity index (χ2n) is 6.01. The molecule has 3 heterocycles. The highest BCUT2D eigenvalue weighted by Gasteiger charge is 2.08. The summed E-state index contributed by atoms with van der Waals surface area (Å²) in [7, 11) is 1.65. The molecule has 1 N–H and O–H groups in total. The van der Waals surface area contributed by atoms with E-state index >= 15 is 0 Å². The number of methoxy groups -OCH3 is 1. The van der Waals surface area contributed by atoms with Gasteiger partial charge in [-0.25, -0.2) is 0 Å². The summed E-state index contributed by atoms with van der Waals surface area (Å²) in [5.41, 5.74) is 1.85. The Balaban J connectivity index is 1.37. The van der Waals surface area contributed by atoms with E-state index in [2.05, 4.69) is 20.1 Å². The lowest BCUT2D eigenvalue weighted by atomic mass is 10.2. The maximum absolute atomic E-state index is 12.2. The molecule has 1 amide bonds. The van der Waals surface area contributed by atoms with Crippen LogP contribution in [-0.4, -0.2) is 32.2 Å². The average Bonchev–Trinajstić information content (AvgIpc) is 3.28. The standard InChI is InChI=1S/C19H19N5O2/c1-26-15-5-6-16-14(12-15)7-10-23(16)11-8-19(25)20-13-18-22-21-17-4-2-3-9-24(17)18/h2-7,9-10,12H,8,11,13H2,1H3,(H,20,25). The molecule has 0 spiro atoms. The molecule has 0 aliphatic heterocycles. The molecule has 0 unspecified atom stereocenters. The van der Waals surface area contributed by atoms with Gasteiger partial charge < -0.3 is 14.6 Å². The second-order valence-corrected chi connectivity index (χ2v) is 6.01. The monoisotopic (exact) mass is 349 g/mol. The number of aromatic nitrogens is 4. The number of aryl methyl sites for hydroxylation is 1. The Bertz CT molecular complexity index is 1070. The summed E-state index contributed by atoms with van der Waals surface area (Å²) in [5, 5.41) is 12.2. The van der Waals surface area contributed by atoms with E-state index in [9.17, 15) is 4.79 Å². The largest absolute Gasteiger partial charge is 0.497 e. The van der Waals surface area contributed by atoms with Gasteiger partial charge in [0.05, 0.1) is 13.7 Å². The van der Waals surface area contributed by atoms with Crippen molar-refractivity contribution in [2.75, 3.05) is 7.11 Å². The molecule has 3 aromatic heterocycles. The number of pyridine rings is 1. The lowest BCUT2D eigenvalue weighted by molar-refractivity contribution is -0.121. The Kier molecular flexibility index (Phi) is 4.27. The van der Waals surface area contributed by atoms with Crippen molar-refractivity contribution in [1.29, 1.82) is 0 Å².